The standard InChI is InChI=1S/C19H20N4O3S2/c1-2-13-10-14-17(28-13)20-12-23(18(14)25)11-16(24)21-5-7-22(8-6-21)19(26)15-4-3-9-27-15/h3-4,9-10,12H,2,5-8,11H2,1H3. The van der Waals surface area contributed by atoms with Gasteiger partial charge in [0.05, 0.1) is 16.6 Å². The summed E-state index contributed by atoms with van der Waals surface area (Å²) in [6.07, 6.45) is 2.31. The summed E-state index contributed by atoms with van der Waals surface area (Å²) in [7, 11) is 0. The van der Waals surface area contributed by atoms with E-state index in [1.54, 1.807) is 9.80 Å². The lowest BCUT2D eigenvalue weighted by Gasteiger charge is -2.34. The van der Waals surface area contributed by atoms with E-state index in [9.17, 15) is 14.4 Å². The summed E-state index contributed by atoms with van der Waals surface area (Å²) in [4.78, 5) is 48.1. The molecule has 0 radical (unpaired) electrons. The third-order valence-electron chi connectivity index (χ3n) is 4.87. The fourth-order valence-corrected chi connectivity index (χ4v) is 4.87. The van der Waals surface area contributed by atoms with Crippen LogP contribution in [0.25, 0.3) is 10.2 Å². The molecule has 0 unspecified atom stereocenters. The minimum atomic E-state index is -0.180. The van der Waals surface area contributed by atoms with Gasteiger partial charge in [0.1, 0.15) is 11.4 Å². The Kier molecular flexibility index (Phi) is 5.27. The lowest BCUT2D eigenvalue weighted by Crippen LogP contribution is -2.51. The van der Waals surface area contributed by atoms with Crippen molar-refractivity contribution < 1.29 is 9.59 Å². The number of aryl methyl sites for hydroxylation is 1. The molecule has 0 aliphatic carbocycles. The zero-order valence-electron chi connectivity index (χ0n) is 15.5. The zero-order valence-corrected chi connectivity index (χ0v) is 17.1. The smallest absolute Gasteiger partial charge is 0.264 e. The van der Waals surface area contributed by atoms with E-state index in [0.717, 1.165) is 11.3 Å². The Morgan fingerprint density at radius 3 is 2.61 bits per heavy atom. The summed E-state index contributed by atoms with van der Waals surface area (Å²) < 4.78 is 1.38. The van der Waals surface area contributed by atoms with E-state index in [1.807, 2.05) is 30.5 Å². The molecule has 4 heterocycles. The van der Waals surface area contributed by atoms with Gasteiger partial charge in [-0.1, -0.05) is 13.0 Å². The fourth-order valence-electron chi connectivity index (χ4n) is 3.26. The van der Waals surface area contributed by atoms with Crippen LogP contribution >= 0.6 is 22.7 Å². The first-order chi connectivity index (χ1) is 13.6. The van der Waals surface area contributed by atoms with Gasteiger partial charge >= 0.3 is 0 Å². The van der Waals surface area contributed by atoms with Gasteiger partial charge in [-0.05, 0) is 23.9 Å². The van der Waals surface area contributed by atoms with E-state index < -0.39 is 0 Å². The van der Waals surface area contributed by atoms with Crippen LogP contribution in [0.1, 0.15) is 21.5 Å². The molecule has 1 aliphatic heterocycles. The fraction of sp³-hybridized carbons (Fsp3) is 0.368. The highest BCUT2D eigenvalue weighted by molar-refractivity contribution is 7.18. The van der Waals surface area contributed by atoms with Crippen molar-refractivity contribution in [1.29, 1.82) is 0 Å². The highest BCUT2D eigenvalue weighted by Crippen LogP contribution is 2.21. The van der Waals surface area contributed by atoms with E-state index in [4.69, 9.17) is 0 Å². The van der Waals surface area contributed by atoms with Crippen LogP contribution < -0.4 is 5.56 Å². The number of amides is 2. The van der Waals surface area contributed by atoms with E-state index in [-0.39, 0.29) is 23.9 Å². The summed E-state index contributed by atoms with van der Waals surface area (Å²) in [6.45, 7) is 3.95. The number of carbonyl (C=O) groups is 2. The van der Waals surface area contributed by atoms with Gasteiger partial charge < -0.3 is 9.80 Å². The van der Waals surface area contributed by atoms with Crippen LogP contribution in [-0.4, -0.2) is 57.3 Å². The minimum Gasteiger partial charge on any atom is -0.338 e. The molecular weight excluding hydrogens is 396 g/mol. The van der Waals surface area contributed by atoms with Crippen LogP contribution in [0.4, 0.5) is 0 Å². The summed E-state index contributed by atoms with van der Waals surface area (Å²) in [5.41, 5.74) is -0.180. The van der Waals surface area contributed by atoms with Gasteiger partial charge in [0.2, 0.25) is 5.91 Å². The van der Waals surface area contributed by atoms with Crippen molar-refractivity contribution in [3.8, 4) is 0 Å². The average molecular weight is 417 g/mol. The Bertz CT molecular complexity index is 1060. The average Bonchev–Trinajstić information content (AvgIpc) is 3.39. The molecule has 28 heavy (non-hydrogen) atoms. The molecule has 0 aromatic carbocycles. The maximum absolute atomic E-state index is 12.7. The maximum atomic E-state index is 12.7. The Labute approximate surface area is 169 Å². The first kappa shape index (κ1) is 18.8. The van der Waals surface area contributed by atoms with Gasteiger partial charge in [-0.15, -0.1) is 22.7 Å². The molecule has 1 fully saturated rings. The largest absolute Gasteiger partial charge is 0.338 e. The number of aromatic nitrogens is 2. The second-order valence-corrected chi connectivity index (χ2v) is 8.68. The number of fused-ring (bicyclic) bond motifs is 1. The second-order valence-electron chi connectivity index (χ2n) is 6.61. The highest BCUT2D eigenvalue weighted by Gasteiger charge is 2.25. The van der Waals surface area contributed by atoms with Gasteiger partial charge in [-0.3, -0.25) is 19.0 Å². The Morgan fingerprint density at radius 2 is 1.93 bits per heavy atom. The molecule has 9 heteroatoms. The molecule has 7 nitrogen and oxygen atoms in total. The minimum absolute atomic E-state index is 0.0113. The SMILES string of the molecule is CCc1cc2c(=O)n(CC(=O)N3CCN(C(=O)c4cccs4)CC3)cnc2s1. The van der Waals surface area contributed by atoms with Crippen molar-refractivity contribution in [3.05, 3.63) is 50.0 Å². The molecule has 0 bridgehead atoms. The lowest BCUT2D eigenvalue weighted by atomic mass is 10.3. The van der Waals surface area contributed by atoms with Crippen LogP contribution in [-0.2, 0) is 17.8 Å². The third-order valence-corrected chi connectivity index (χ3v) is 6.92. The van der Waals surface area contributed by atoms with Crippen LogP contribution in [0, 0.1) is 0 Å². The molecule has 0 spiro atoms. The Balaban J connectivity index is 1.41. The van der Waals surface area contributed by atoms with E-state index in [0.29, 0.717) is 41.3 Å². The molecule has 1 aliphatic rings. The number of carbonyl (C=O) groups excluding carboxylic acids is 2. The first-order valence-electron chi connectivity index (χ1n) is 9.15. The van der Waals surface area contributed by atoms with Crippen molar-refractivity contribution in [1.82, 2.24) is 19.4 Å². The zero-order chi connectivity index (χ0) is 19.7. The molecular formula is C19H20N4O3S2. The number of nitrogens with zero attached hydrogens (tertiary/aromatic N) is 4. The number of piperazine rings is 1. The van der Waals surface area contributed by atoms with E-state index in [2.05, 4.69) is 4.98 Å². The highest BCUT2D eigenvalue weighted by atomic mass is 32.1. The molecule has 1 saturated heterocycles. The Hall–Kier alpha value is -2.52. The number of thiophene rings is 2. The first-order valence-corrected chi connectivity index (χ1v) is 10.8. The predicted molar refractivity (Wildman–Crippen MR) is 110 cm³/mol. The van der Waals surface area contributed by atoms with Crippen molar-refractivity contribution in [2.75, 3.05) is 26.2 Å². The summed E-state index contributed by atoms with van der Waals surface area (Å²) in [5.74, 6) is -0.116. The van der Waals surface area contributed by atoms with Crippen molar-refractivity contribution in [2.45, 2.75) is 19.9 Å². The third kappa shape index (κ3) is 3.59. The second kappa shape index (κ2) is 7.84. The maximum Gasteiger partial charge on any atom is 0.264 e. The van der Waals surface area contributed by atoms with Crippen molar-refractivity contribution in [3.63, 3.8) is 0 Å². The molecule has 146 valence electrons. The van der Waals surface area contributed by atoms with Gasteiger partial charge in [0.15, 0.2) is 0 Å². The molecule has 4 rings (SSSR count). The predicted octanol–water partition coefficient (Wildman–Crippen LogP) is 2.07. The van der Waals surface area contributed by atoms with E-state index in [1.165, 1.54) is 33.6 Å². The van der Waals surface area contributed by atoms with Crippen molar-refractivity contribution >= 4 is 44.7 Å². The van der Waals surface area contributed by atoms with Gasteiger partial charge in [0.25, 0.3) is 11.5 Å². The van der Waals surface area contributed by atoms with Crippen LogP contribution in [0.15, 0.2) is 34.7 Å². The Morgan fingerprint density at radius 1 is 1.18 bits per heavy atom. The summed E-state index contributed by atoms with van der Waals surface area (Å²) in [5, 5.41) is 2.45. The molecule has 3 aromatic heterocycles. The number of hydrogen-bond donors (Lipinski definition) is 0. The number of rotatable bonds is 4. The van der Waals surface area contributed by atoms with Crippen LogP contribution in [0.5, 0.6) is 0 Å². The van der Waals surface area contributed by atoms with Crippen LogP contribution in [0.2, 0.25) is 0 Å². The van der Waals surface area contributed by atoms with Gasteiger partial charge in [-0.2, -0.15) is 0 Å². The summed E-state index contributed by atoms with van der Waals surface area (Å²) >= 11 is 2.94. The molecule has 3 aromatic rings. The molecule has 0 atom stereocenters. The normalized spacial score (nSPS) is 14.6. The van der Waals surface area contributed by atoms with E-state index >= 15 is 0 Å². The van der Waals surface area contributed by atoms with Crippen LogP contribution in [0.3, 0.4) is 0 Å². The monoisotopic (exact) mass is 416 g/mol. The lowest BCUT2D eigenvalue weighted by molar-refractivity contribution is -0.133. The van der Waals surface area contributed by atoms with Gasteiger partial charge in [-0.25, -0.2) is 4.98 Å². The van der Waals surface area contributed by atoms with Crippen molar-refractivity contribution in [2.24, 2.45) is 0 Å². The molecule has 0 saturated carbocycles. The molecule has 0 N–H and O–H groups in total. The van der Waals surface area contributed by atoms with Gasteiger partial charge in [0, 0.05) is 31.1 Å². The summed E-state index contributed by atoms with van der Waals surface area (Å²) in [6, 6.07) is 5.54. The number of hydrogen-bond acceptors (Lipinski definition) is 6. The topological polar surface area (TPSA) is 75.5 Å². The molecule has 2 amide bonds. The quantitative estimate of drug-likeness (QED) is 0.653.